The Balaban J connectivity index is 1.36. The van der Waals surface area contributed by atoms with Crippen LogP contribution < -0.4 is 4.90 Å². The zero-order valence-corrected chi connectivity index (χ0v) is 15.8. The zero-order chi connectivity index (χ0) is 19.5. The number of likely N-dealkylation sites (tertiary alicyclic amines) is 1. The molecule has 2 amide bonds. The molecule has 2 aromatic carbocycles. The third-order valence-corrected chi connectivity index (χ3v) is 5.53. The largest absolute Gasteiger partial charge is 0.368 e. The van der Waals surface area contributed by atoms with Gasteiger partial charge in [0.25, 0.3) is 11.8 Å². The van der Waals surface area contributed by atoms with E-state index < -0.39 is 0 Å². The van der Waals surface area contributed by atoms with Crippen molar-refractivity contribution in [1.82, 2.24) is 9.80 Å². The van der Waals surface area contributed by atoms with Gasteiger partial charge in [-0.25, -0.2) is 4.39 Å². The molecule has 0 atom stereocenters. The average molecular weight is 381 g/mol. The molecule has 0 bridgehead atoms. The first-order chi connectivity index (χ1) is 13.6. The highest BCUT2D eigenvalue weighted by Gasteiger charge is 2.23. The van der Waals surface area contributed by atoms with Crippen molar-refractivity contribution < 1.29 is 14.0 Å². The smallest absolute Gasteiger partial charge is 0.253 e. The molecule has 2 aliphatic heterocycles. The molecule has 0 unspecified atom stereocenters. The second-order valence-corrected chi connectivity index (χ2v) is 7.33. The minimum absolute atomic E-state index is 0.0149. The molecule has 4 rings (SSSR count). The fourth-order valence-corrected chi connectivity index (χ4v) is 3.86. The summed E-state index contributed by atoms with van der Waals surface area (Å²) in [6, 6.07) is 13.4. The molecule has 2 saturated heterocycles. The van der Waals surface area contributed by atoms with Crippen molar-refractivity contribution >= 4 is 17.5 Å². The van der Waals surface area contributed by atoms with Crippen molar-refractivity contribution in [1.29, 1.82) is 0 Å². The molecule has 0 aromatic heterocycles. The van der Waals surface area contributed by atoms with Gasteiger partial charge in [-0.3, -0.25) is 9.59 Å². The van der Waals surface area contributed by atoms with Crippen LogP contribution in [0.1, 0.15) is 33.6 Å². The van der Waals surface area contributed by atoms with E-state index in [-0.39, 0.29) is 17.6 Å². The minimum Gasteiger partial charge on any atom is -0.368 e. The predicted molar refractivity (Wildman–Crippen MR) is 106 cm³/mol. The molecule has 0 saturated carbocycles. The maximum Gasteiger partial charge on any atom is 0.253 e. The van der Waals surface area contributed by atoms with Crippen molar-refractivity contribution in [2.45, 2.75) is 12.8 Å². The number of rotatable bonds is 3. The molecule has 6 heteroatoms. The average Bonchev–Trinajstić information content (AvgIpc) is 3.28. The van der Waals surface area contributed by atoms with Crippen LogP contribution in [0, 0.1) is 5.82 Å². The number of halogens is 1. The number of amides is 2. The lowest BCUT2D eigenvalue weighted by atomic mass is 10.1. The molecular formula is C22H24FN3O2. The fraction of sp³-hybridized carbons (Fsp3) is 0.364. The van der Waals surface area contributed by atoms with Crippen LogP contribution in [0.3, 0.4) is 0 Å². The minimum atomic E-state index is -0.246. The highest BCUT2D eigenvalue weighted by molar-refractivity contribution is 5.98. The number of hydrogen-bond donors (Lipinski definition) is 0. The highest BCUT2D eigenvalue weighted by atomic mass is 19.1. The van der Waals surface area contributed by atoms with Crippen LogP contribution in [-0.2, 0) is 0 Å². The molecule has 2 aromatic rings. The summed E-state index contributed by atoms with van der Waals surface area (Å²) in [7, 11) is 0. The molecule has 0 aliphatic carbocycles. The lowest BCUT2D eigenvalue weighted by Crippen LogP contribution is -2.48. The highest BCUT2D eigenvalue weighted by Crippen LogP contribution is 2.19. The Labute approximate surface area is 164 Å². The molecule has 2 heterocycles. The second-order valence-electron chi connectivity index (χ2n) is 7.33. The topological polar surface area (TPSA) is 43.9 Å². The summed E-state index contributed by atoms with van der Waals surface area (Å²) in [5, 5.41) is 0. The number of piperazine rings is 1. The number of anilines is 1. The standard InChI is InChI=1S/C22H24FN3O2/c23-19-7-9-20(10-8-19)24-13-15-26(16-14-24)22(28)18-5-3-17(4-6-18)21(27)25-11-1-2-12-25/h3-10H,1-2,11-16H2. The number of carbonyl (C=O) groups is 2. The number of nitrogens with zero attached hydrogens (tertiary/aromatic N) is 3. The molecule has 5 nitrogen and oxygen atoms in total. The Hall–Kier alpha value is -2.89. The Morgan fingerprint density at radius 1 is 0.643 bits per heavy atom. The van der Waals surface area contributed by atoms with Gasteiger partial charge in [0, 0.05) is 56.1 Å². The number of hydrogen-bond acceptors (Lipinski definition) is 3. The number of benzene rings is 2. The van der Waals surface area contributed by atoms with Crippen molar-refractivity contribution in [2.75, 3.05) is 44.2 Å². The molecule has 0 radical (unpaired) electrons. The molecule has 2 aliphatic rings. The van der Waals surface area contributed by atoms with Gasteiger partial charge in [-0.05, 0) is 61.4 Å². The first kappa shape index (κ1) is 18.5. The van der Waals surface area contributed by atoms with Crippen molar-refractivity contribution in [3.05, 3.63) is 65.5 Å². The van der Waals surface area contributed by atoms with Gasteiger partial charge in [-0.1, -0.05) is 0 Å². The van der Waals surface area contributed by atoms with E-state index in [2.05, 4.69) is 4.90 Å². The van der Waals surface area contributed by atoms with E-state index in [9.17, 15) is 14.0 Å². The molecule has 0 spiro atoms. The van der Waals surface area contributed by atoms with E-state index in [0.29, 0.717) is 37.3 Å². The van der Waals surface area contributed by atoms with Gasteiger partial charge in [0.05, 0.1) is 0 Å². The second kappa shape index (κ2) is 8.00. The normalized spacial score (nSPS) is 17.1. The fourth-order valence-electron chi connectivity index (χ4n) is 3.86. The van der Waals surface area contributed by atoms with Crippen LogP contribution in [0.25, 0.3) is 0 Å². The van der Waals surface area contributed by atoms with Crippen LogP contribution in [0.5, 0.6) is 0 Å². The van der Waals surface area contributed by atoms with E-state index >= 15 is 0 Å². The van der Waals surface area contributed by atoms with Crippen LogP contribution in [0.15, 0.2) is 48.5 Å². The maximum absolute atomic E-state index is 13.1. The first-order valence-corrected chi connectivity index (χ1v) is 9.81. The van der Waals surface area contributed by atoms with Gasteiger partial charge in [0.15, 0.2) is 0 Å². The van der Waals surface area contributed by atoms with Gasteiger partial charge < -0.3 is 14.7 Å². The van der Waals surface area contributed by atoms with E-state index in [4.69, 9.17) is 0 Å². The lowest BCUT2D eigenvalue weighted by Gasteiger charge is -2.36. The molecular weight excluding hydrogens is 357 g/mol. The Morgan fingerprint density at radius 3 is 1.61 bits per heavy atom. The summed E-state index contributed by atoms with van der Waals surface area (Å²) in [6.07, 6.45) is 2.12. The van der Waals surface area contributed by atoms with Gasteiger partial charge in [-0.15, -0.1) is 0 Å². The third-order valence-electron chi connectivity index (χ3n) is 5.53. The Morgan fingerprint density at radius 2 is 1.11 bits per heavy atom. The molecule has 146 valence electrons. The summed E-state index contributed by atoms with van der Waals surface area (Å²) in [6.45, 7) is 4.29. The van der Waals surface area contributed by atoms with Gasteiger partial charge in [-0.2, -0.15) is 0 Å². The van der Waals surface area contributed by atoms with Crippen LogP contribution in [-0.4, -0.2) is 60.9 Å². The van der Waals surface area contributed by atoms with E-state index in [1.807, 2.05) is 9.80 Å². The van der Waals surface area contributed by atoms with Crippen molar-refractivity contribution in [3.8, 4) is 0 Å². The zero-order valence-electron chi connectivity index (χ0n) is 15.8. The van der Waals surface area contributed by atoms with Crippen LogP contribution >= 0.6 is 0 Å². The lowest BCUT2D eigenvalue weighted by molar-refractivity contribution is 0.0744. The first-order valence-electron chi connectivity index (χ1n) is 9.81. The molecule has 28 heavy (non-hydrogen) atoms. The maximum atomic E-state index is 13.1. The predicted octanol–water partition coefficient (Wildman–Crippen LogP) is 3.02. The van der Waals surface area contributed by atoms with Crippen molar-refractivity contribution in [2.24, 2.45) is 0 Å². The summed E-state index contributed by atoms with van der Waals surface area (Å²) < 4.78 is 13.1. The summed E-state index contributed by atoms with van der Waals surface area (Å²) in [5.41, 5.74) is 2.21. The summed E-state index contributed by atoms with van der Waals surface area (Å²) >= 11 is 0. The molecule has 0 N–H and O–H groups in total. The SMILES string of the molecule is O=C(c1ccc(C(=O)N2CCN(c3ccc(F)cc3)CC2)cc1)N1CCCC1. The summed E-state index contributed by atoms with van der Waals surface area (Å²) in [5.74, 6) is -0.215. The molecule has 2 fully saturated rings. The van der Waals surface area contributed by atoms with Gasteiger partial charge >= 0.3 is 0 Å². The monoisotopic (exact) mass is 381 g/mol. The van der Waals surface area contributed by atoms with Crippen LogP contribution in [0.4, 0.5) is 10.1 Å². The van der Waals surface area contributed by atoms with Crippen molar-refractivity contribution in [3.63, 3.8) is 0 Å². The van der Waals surface area contributed by atoms with E-state index in [1.165, 1.54) is 12.1 Å². The van der Waals surface area contributed by atoms with Crippen LogP contribution in [0.2, 0.25) is 0 Å². The third kappa shape index (κ3) is 3.86. The number of carbonyl (C=O) groups excluding carboxylic acids is 2. The Kier molecular flexibility index (Phi) is 5.28. The van der Waals surface area contributed by atoms with Gasteiger partial charge in [0.1, 0.15) is 5.82 Å². The quantitative estimate of drug-likeness (QED) is 0.821. The Bertz CT molecular complexity index is 837. The van der Waals surface area contributed by atoms with E-state index in [1.54, 1.807) is 36.4 Å². The van der Waals surface area contributed by atoms with Gasteiger partial charge in [0.2, 0.25) is 0 Å². The summed E-state index contributed by atoms with van der Waals surface area (Å²) in [4.78, 5) is 31.1. The van der Waals surface area contributed by atoms with E-state index in [0.717, 1.165) is 31.6 Å².